The molecule has 1 aliphatic rings. The highest BCUT2D eigenvalue weighted by atomic mass is 28.4. The number of fused-ring (bicyclic) bond motifs is 2. The number of rotatable bonds is 2. The van der Waals surface area contributed by atoms with E-state index < -0.39 is 13.9 Å². The first-order valence-corrected chi connectivity index (χ1v) is 11.2. The molecule has 0 bridgehead atoms. The maximum atomic E-state index is 10.2. The molecule has 1 heterocycles. The molecule has 2 aromatic carbocycles. The number of ether oxygens (including phenoxy) is 1. The Hall–Kier alpha value is -2.09. The highest BCUT2D eigenvalue weighted by Crippen LogP contribution is 2.44. The van der Waals surface area contributed by atoms with E-state index in [4.69, 9.17) is 9.16 Å². The van der Waals surface area contributed by atoms with Crippen molar-refractivity contribution in [3.63, 3.8) is 0 Å². The molecule has 3 rings (SSSR count). The van der Waals surface area contributed by atoms with Crippen LogP contribution in [0.5, 0.6) is 5.75 Å². The smallest absolute Gasteiger partial charge is 0.200 e. The predicted octanol–water partition coefficient (Wildman–Crippen LogP) is 4.51. The quantitative estimate of drug-likeness (QED) is 0.764. The van der Waals surface area contributed by atoms with Gasteiger partial charge in [0.15, 0.2) is 13.9 Å². The van der Waals surface area contributed by atoms with Crippen molar-refractivity contribution in [2.75, 3.05) is 0 Å². The van der Waals surface area contributed by atoms with Crippen LogP contribution in [0, 0.1) is 18.3 Å². The summed E-state index contributed by atoms with van der Waals surface area (Å²) >= 11 is 0. The van der Waals surface area contributed by atoms with E-state index in [1.165, 1.54) is 0 Å². The normalized spacial score (nSPS) is 19.8. The standard InChI is InChI=1S/C19H21NO2Si/c1-14-9-10-18-17(11-14)19(13-20,22-23(2,3)4)16-8-6-5-7-15(16)12-21-18/h5-11H,12H2,1-4H3. The molecule has 1 atom stereocenters. The van der Waals surface area contributed by atoms with Crippen molar-refractivity contribution in [2.24, 2.45) is 0 Å². The molecule has 0 fully saturated rings. The summed E-state index contributed by atoms with van der Waals surface area (Å²) in [6.07, 6.45) is 0. The van der Waals surface area contributed by atoms with Crippen LogP contribution in [0.25, 0.3) is 0 Å². The number of hydrogen-bond acceptors (Lipinski definition) is 3. The molecule has 0 aromatic heterocycles. The van der Waals surface area contributed by atoms with Gasteiger partial charge in [0.2, 0.25) is 0 Å². The Morgan fingerprint density at radius 3 is 2.57 bits per heavy atom. The van der Waals surface area contributed by atoms with Crippen LogP contribution in [0.4, 0.5) is 0 Å². The van der Waals surface area contributed by atoms with E-state index in [9.17, 15) is 5.26 Å². The fourth-order valence-corrected chi connectivity index (χ4v) is 4.23. The van der Waals surface area contributed by atoms with Gasteiger partial charge in [-0.1, -0.05) is 35.9 Å². The summed E-state index contributed by atoms with van der Waals surface area (Å²) in [5, 5.41) is 10.2. The van der Waals surface area contributed by atoms with Crippen LogP contribution >= 0.6 is 0 Å². The van der Waals surface area contributed by atoms with Crippen LogP contribution in [0.15, 0.2) is 42.5 Å². The second-order valence-electron chi connectivity index (χ2n) is 6.95. The monoisotopic (exact) mass is 323 g/mol. The summed E-state index contributed by atoms with van der Waals surface area (Å²) in [7, 11) is -1.99. The molecule has 0 saturated heterocycles. The third-order valence-electron chi connectivity index (χ3n) is 3.91. The van der Waals surface area contributed by atoms with E-state index in [-0.39, 0.29) is 0 Å². The SMILES string of the molecule is Cc1ccc2c(c1)C(C#N)(O[Si](C)(C)C)c1ccccc1CO2. The minimum absolute atomic E-state index is 0.449. The van der Waals surface area contributed by atoms with Gasteiger partial charge in [0.25, 0.3) is 0 Å². The Balaban J connectivity index is 2.35. The van der Waals surface area contributed by atoms with Gasteiger partial charge in [0.1, 0.15) is 18.4 Å². The van der Waals surface area contributed by atoms with Crippen molar-refractivity contribution in [3.8, 4) is 11.8 Å². The molecule has 2 aromatic rings. The number of aryl methyl sites for hydroxylation is 1. The van der Waals surface area contributed by atoms with E-state index in [1.54, 1.807) is 0 Å². The maximum Gasteiger partial charge on any atom is 0.200 e. The second kappa shape index (κ2) is 5.52. The molecule has 1 aliphatic heterocycles. The van der Waals surface area contributed by atoms with Gasteiger partial charge in [-0.2, -0.15) is 5.26 Å². The summed E-state index contributed by atoms with van der Waals surface area (Å²) in [5.41, 5.74) is 2.69. The number of benzene rings is 2. The lowest BCUT2D eigenvalue weighted by Crippen LogP contribution is -2.41. The summed E-state index contributed by atoms with van der Waals surface area (Å²) in [6, 6.07) is 16.4. The van der Waals surface area contributed by atoms with Crippen molar-refractivity contribution in [1.29, 1.82) is 5.26 Å². The van der Waals surface area contributed by atoms with Gasteiger partial charge < -0.3 is 9.16 Å². The molecule has 1 unspecified atom stereocenters. The molecule has 0 spiro atoms. The van der Waals surface area contributed by atoms with E-state index in [0.717, 1.165) is 28.0 Å². The maximum absolute atomic E-state index is 10.2. The highest BCUT2D eigenvalue weighted by molar-refractivity contribution is 6.69. The molecule has 0 amide bonds. The Bertz CT molecular complexity index is 789. The van der Waals surface area contributed by atoms with Gasteiger partial charge in [-0.05, 0) is 44.3 Å². The molecular weight excluding hydrogens is 302 g/mol. The number of nitrogens with zero attached hydrogens (tertiary/aromatic N) is 1. The average Bonchev–Trinajstić information content (AvgIpc) is 2.62. The first kappa shape index (κ1) is 15.8. The number of nitriles is 1. The van der Waals surface area contributed by atoms with E-state index in [2.05, 4.69) is 25.7 Å². The molecule has 0 N–H and O–H groups in total. The second-order valence-corrected chi connectivity index (χ2v) is 11.4. The van der Waals surface area contributed by atoms with Crippen LogP contribution in [0.1, 0.15) is 22.3 Å². The molecular formula is C19H21NO2Si. The Labute approximate surface area is 138 Å². The molecule has 23 heavy (non-hydrogen) atoms. The molecule has 118 valence electrons. The third kappa shape index (κ3) is 2.78. The summed E-state index contributed by atoms with van der Waals surface area (Å²) in [6.45, 7) is 8.79. The third-order valence-corrected chi connectivity index (χ3v) is 4.83. The summed E-state index contributed by atoms with van der Waals surface area (Å²) in [5.74, 6) is 0.728. The molecule has 0 aliphatic carbocycles. The van der Waals surface area contributed by atoms with Crippen molar-refractivity contribution >= 4 is 8.32 Å². The largest absolute Gasteiger partial charge is 0.488 e. The summed E-state index contributed by atoms with van der Waals surface area (Å²) < 4.78 is 12.5. The molecule has 0 saturated carbocycles. The van der Waals surface area contributed by atoms with Crippen molar-refractivity contribution in [3.05, 3.63) is 64.7 Å². The van der Waals surface area contributed by atoms with Crippen LogP contribution in [0.2, 0.25) is 19.6 Å². The number of hydrogen-bond donors (Lipinski definition) is 0. The first-order chi connectivity index (χ1) is 10.9. The van der Waals surface area contributed by atoms with Gasteiger partial charge >= 0.3 is 0 Å². The van der Waals surface area contributed by atoms with Crippen LogP contribution in [-0.4, -0.2) is 8.32 Å². The molecule has 3 nitrogen and oxygen atoms in total. The van der Waals surface area contributed by atoms with Crippen molar-refractivity contribution in [1.82, 2.24) is 0 Å². The van der Waals surface area contributed by atoms with Crippen molar-refractivity contribution < 1.29 is 9.16 Å². The lowest BCUT2D eigenvalue weighted by Gasteiger charge is -2.35. The van der Waals surface area contributed by atoms with Crippen LogP contribution in [0.3, 0.4) is 0 Å². The van der Waals surface area contributed by atoms with E-state index in [0.29, 0.717) is 6.61 Å². The Kier molecular flexibility index (Phi) is 3.79. The van der Waals surface area contributed by atoms with Gasteiger partial charge in [-0.15, -0.1) is 0 Å². The minimum Gasteiger partial charge on any atom is -0.488 e. The zero-order valence-corrected chi connectivity index (χ0v) is 15.0. The lowest BCUT2D eigenvalue weighted by molar-refractivity contribution is 0.162. The van der Waals surface area contributed by atoms with Gasteiger partial charge in [-0.25, -0.2) is 0 Å². The van der Waals surface area contributed by atoms with Crippen molar-refractivity contribution in [2.45, 2.75) is 38.8 Å². The lowest BCUT2D eigenvalue weighted by atomic mass is 9.84. The van der Waals surface area contributed by atoms with Gasteiger partial charge in [-0.3, -0.25) is 0 Å². The fraction of sp³-hybridized carbons (Fsp3) is 0.316. The zero-order valence-electron chi connectivity index (χ0n) is 14.0. The fourth-order valence-electron chi connectivity index (χ4n) is 3.05. The minimum atomic E-state index is -1.99. The Morgan fingerprint density at radius 1 is 1.13 bits per heavy atom. The van der Waals surface area contributed by atoms with Gasteiger partial charge in [0.05, 0.1) is 0 Å². The highest BCUT2D eigenvalue weighted by Gasteiger charge is 2.44. The molecule has 0 radical (unpaired) electrons. The predicted molar refractivity (Wildman–Crippen MR) is 92.8 cm³/mol. The van der Waals surface area contributed by atoms with Gasteiger partial charge in [0, 0.05) is 11.1 Å². The molecule has 4 heteroatoms. The Morgan fingerprint density at radius 2 is 1.87 bits per heavy atom. The first-order valence-electron chi connectivity index (χ1n) is 7.79. The average molecular weight is 323 g/mol. The van der Waals surface area contributed by atoms with Crippen LogP contribution in [-0.2, 0) is 16.6 Å². The zero-order chi connectivity index (χ0) is 16.7. The topological polar surface area (TPSA) is 42.2 Å². The van der Waals surface area contributed by atoms with E-state index in [1.807, 2.05) is 49.4 Å². The van der Waals surface area contributed by atoms with E-state index >= 15 is 0 Å². The van der Waals surface area contributed by atoms with Crippen LogP contribution < -0.4 is 4.74 Å². The summed E-state index contributed by atoms with van der Waals surface area (Å²) in [4.78, 5) is 0.